The molecular formula is C14H25N3. The molecule has 3 atom stereocenters. The van der Waals surface area contributed by atoms with Gasteiger partial charge in [-0.05, 0) is 51.6 Å². The Bertz CT molecular complexity index is 296. The van der Waals surface area contributed by atoms with Gasteiger partial charge in [0.2, 0.25) is 0 Å². The highest BCUT2D eigenvalue weighted by molar-refractivity contribution is 5.13. The van der Waals surface area contributed by atoms with Gasteiger partial charge in [-0.15, -0.1) is 0 Å². The van der Waals surface area contributed by atoms with E-state index in [2.05, 4.69) is 30.1 Å². The molecular weight excluding hydrogens is 210 g/mol. The predicted molar refractivity (Wildman–Crippen MR) is 69.7 cm³/mol. The highest BCUT2D eigenvalue weighted by Gasteiger charge is 2.43. The molecule has 2 fully saturated rings. The van der Waals surface area contributed by atoms with Crippen LogP contribution in [-0.4, -0.2) is 35.6 Å². The van der Waals surface area contributed by atoms with Crippen LogP contribution in [-0.2, 0) is 0 Å². The van der Waals surface area contributed by atoms with Crippen LogP contribution >= 0.6 is 0 Å². The first-order valence-corrected chi connectivity index (χ1v) is 7.16. The van der Waals surface area contributed by atoms with Crippen LogP contribution in [0.1, 0.15) is 52.4 Å². The van der Waals surface area contributed by atoms with Crippen molar-refractivity contribution >= 4 is 0 Å². The molecule has 0 bridgehead atoms. The molecule has 0 spiro atoms. The Balaban J connectivity index is 1.99. The van der Waals surface area contributed by atoms with E-state index in [0.717, 1.165) is 25.4 Å². The monoisotopic (exact) mass is 235 g/mol. The molecule has 0 amide bonds. The molecule has 1 heterocycles. The summed E-state index contributed by atoms with van der Waals surface area (Å²) in [6.07, 6.45) is 7.20. The lowest BCUT2D eigenvalue weighted by Crippen LogP contribution is -2.44. The topological polar surface area (TPSA) is 39.1 Å². The normalized spacial score (nSPS) is 38.4. The zero-order valence-corrected chi connectivity index (χ0v) is 11.2. The van der Waals surface area contributed by atoms with Gasteiger partial charge in [-0.2, -0.15) is 5.26 Å². The molecule has 17 heavy (non-hydrogen) atoms. The van der Waals surface area contributed by atoms with Crippen molar-refractivity contribution < 1.29 is 0 Å². The van der Waals surface area contributed by atoms with Crippen molar-refractivity contribution in [1.82, 2.24) is 10.2 Å². The average Bonchev–Trinajstić information content (AvgIpc) is 2.95. The van der Waals surface area contributed by atoms with E-state index < -0.39 is 0 Å². The van der Waals surface area contributed by atoms with Gasteiger partial charge in [-0.3, -0.25) is 10.2 Å². The van der Waals surface area contributed by atoms with Gasteiger partial charge in [0, 0.05) is 12.1 Å². The van der Waals surface area contributed by atoms with E-state index in [-0.39, 0.29) is 5.54 Å². The van der Waals surface area contributed by atoms with Gasteiger partial charge in [0.05, 0.1) is 6.07 Å². The summed E-state index contributed by atoms with van der Waals surface area (Å²) >= 11 is 0. The minimum Gasteiger partial charge on any atom is -0.300 e. The van der Waals surface area contributed by atoms with Crippen LogP contribution in [0.4, 0.5) is 0 Å². The molecule has 1 aliphatic carbocycles. The molecule has 1 N–H and O–H groups in total. The van der Waals surface area contributed by atoms with E-state index in [0.29, 0.717) is 6.04 Å². The Morgan fingerprint density at radius 1 is 1.41 bits per heavy atom. The standard InChI is InChI=1S/C14H25N3/c1-3-12-6-5-9-17(12)13-7-8-14(10-13,11-15)16-4-2/h12-13,16H,3-10H2,1-2H3. The lowest BCUT2D eigenvalue weighted by molar-refractivity contribution is 0.172. The van der Waals surface area contributed by atoms with E-state index in [1.165, 1.54) is 32.2 Å². The Kier molecular flexibility index (Phi) is 4.06. The Hall–Kier alpha value is -0.590. The molecule has 3 heteroatoms. The number of rotatable bonds is 4. The highest BCUT2D eigenvalue weighted by atomic mass is 15.2. The number of hydrogen-bond donors (Lipinski definition) is 1. The minimum absolute atomic E-state index is 0.236. The number of hydrogen-bond acceptors (Lipinski definition) is 3. The molecule has 2 rings (SSSR count). The Morgan fingerprint density at radius 3 is 2.88 bits per heavy atom. The molecule has 96 valence electrons. The first-order chi connectivity index (χ1) is 8.24. The lowest BCUT2D eigenvalue weighted by atomic mass is 9.99. The zero-order chi connectivity index (χ0) is 12.3. The predicted octanol–water partition coefficient (Wildman–Crippen LogP) is 2.29. The number of nitrogens with zero attached hydrogens (tertiary/aromatic N) is 2. The second kappa shape index (κ2) is 5.37. The molecule has 3 nitrogen and oxygen atoms in total. The van der Waals surface area contributed by atoms with Crippen LogP contribution in [0.3, 0.4) is 0 Å². The summed E-state index contributed by atoms with van der Waals surface area (Å²) in [5.74, 6) is 0. The van der Waals surface area contributed by atoms with Crippen LogP contribution in [0, 0.1) is 11.3 Å². The third-order valence-corrected chi connectivity index (χ3v) is 4.58. The van der Waals surface area contributed by atoms with Crippen LogP contribution in [0.5, 0.6) is 0 Å². The smallest absolute Gasteiger partial charge is 0.108 e. The van der Waals surface area contributed by atoms with Gasteiger partial charge < -0.3 is 0 Å². The molecule has 0 radical (unpaired) electrons. The third kappa shape index (κ3) is 2.48. The third-order valence-electron chi connectivity index (χ3n) is 4.58. The Morgan fingerprint density at radius 2 is 2.24 bits per heavy atom. The molecule has 1 saturated heterocycles. The molecule has 1 saturated carbocycles. The molecule has 0 aromatic rings. The summed E-state index contributed by atoms with van der Waals surface area (Å²) in [4.78, 5) is 2.68. The summed E-state index contributed by atoms with van der Waals surface area (Å²) in [6, 6.07) is 3.94. The van der Waals surface area contributed by atoms with Crippen molar-refractivity contribution in [3.05, 3.63) is 0 Å². The zero-order valence-electron chi connectivity index (χ0n) is 11.2. The summed E-state index contributed by atoms with van der Waals surface area (Å²) in [5.41, 5.74) is -0.236. The minimum atomic E-state index is -0.236. The largest absolute Gasteiger partial charge is 0.300 e. The molecule has 0 aromatic carbocycles. The number of likely N-dealkylation sites (tertiary alicyclic amines) is 1. The SMILES string of the molecule is CCNC1(C#N)CCC(N2CCCC2CC)C1. The fourth-order valence-corrected chi connectivity index (χ4v) is 3.72. The van der Waals surface area contributed by atoms with Crippen LogP contribution in [0.2, 0.25) is 0 Å². The first kappa shape index (κ1) is 12.9. The second-order valence-electron chi connectivity index (χ2n) is 5.56. The summed E-state index contributed by atoms with van der Waals surface area (Å²) in [6.45, 7) is 6.53. The maximum Gasteiger partial charge on any atom is 0.108 e. The Labute approximate surface area is 105 Å². The lowest BCUT2D eigenvalue weighted by Gasteiger charge is -2.31. The first-order valence-electron chi connectivity index (χ1n) is 7.16. The van der Waals surface area contributed by atoms with E-state index in [9.17, 15) is 5.26 Å². The fraction of sp³-hybridized carbons (Fsp3) is 0.929. The molecule has 0 aromatic heterocycles. The van der Waals surface area contributed by atoms with Crippen LogP contribution in [0.25, 0.3) is 0 Å². The molecule has 2 aliphatic rings. The van der Waals surface area contributed by atoms with E-state index in [1.54, 1.807) is 0 Å². The quantitative estimate of drug-likeness (QED) is 0.812. The van der Waals surface area contributed by atoms with E-state index >= 15 is 0 Å². The van der Waals surface area contributed by atoms with Crippen molar-refractivity contribution in [2.24, 2.45) is 0 Å². The fourth-order valence-electron chi connectivity index (χ4n) is 3.72. The van der Waals surface area contributed by atoms with Crippen molar-refractivity contribution in [1.29, 1.82) is 5.26 Å². The van der Waals surface area contributed by atoms with Gasteiger partial charge in [0.25, 0.3) is 0 Å². The maximum absolute atomic E-state index is 9.40. The summed E-state index contributed by atoms with van der Waals surface area (Å²) in [7, 11) is 0. The van der Waals surface area contributed by atoms with Gasteiger partial charge in [-0.1, -0.05) is 13.8 Å². The van der Waals surface area contributed by atoms with Crippen molar-refractivity contribution in [3.8, 4) is 6.07 Å². The maximum atomic E-state index is 9.40. The molecule has 1 aliphatic heterocycles. The van der Waals surface area contributed by atoms with Crippen molar-refractivity contribution in [2.75, 3.05) is 13.1 Å². The second-order valence-corrected chi connectivity index (χ2v) is 5.56. The van der Waals surface area contributed by atoms with Crippen LogP contribution in [0.15, 0.2) is 0 Å². The van der Waals surface area contributed by atoms with Gasteiger partial charge in [-0.25, -0.2) is 0 Å². The number of nitriles is 1. The van der Waals surface area contributed by atoms with E-state index in [4.69, 9.17) is 0 Å². The van der Waals surface area contributed by atoms with E-state index in [1.807, 2.05) is 0 Å². The van der Waals surface area contributed by atoms with Crippen LogP contribution < -0.4 is 5.32 Å². The van der Waals surface area contributed by atoms with Gasteiger partial charge in [0.1, 0.15) is 5.54 Å². The molecule has 3 unspecified atom stereocenters. The highest BCUT2D eigenvalue weighted by Crippen LogP contribution is 2.36. The average molecular weight is 235 g/mol. The van der Waals surface area contributed by atoms with Crippen molar-refractivity contribution in [3.63, 3.8) is 0 Å². The van der Waals surface area contributed by atoms with Gasteiger partial charge in [0.15, 0.2) is 0 Å². The van der Waals surface area contributed by atoms with Gasteiger partial charge >= 0.3 is 0 Å². The van der Waals surface area contributed by atoms with Crippen molar-refractivity contribution in [2.45, 2.75) is 70.0 Å². The summed E-state index contributed by atoms with van der Waals surface area (Å²) < 4.78 is 0. The number of nitrogens with one attached hydrogen (secondary N) is 1. The summed E-state index contributed by atoms with van der Waals surface area (Å²) in [5, 5.41) is 12.8.